The Kier molecular flexibility index (Phi) is 5.78. The molecule has 0 heterocycles. The number of nitrogens with one attached hydrogen (secondary N) is 1. The summed E-state index contributed by atoms with van der Waals surface area (Å²) < 4.78 is 26.7. The third-order valence-corrected chi connectivity index (χ3v) is 4.33. The van der Waals surface area contributed by atoms with Crippen molar-refractivity contribution in [1.82, 2.24) is 4.72 Å². The molecule has 0 amide bonds. The SMILES string of the molecule is CCCc1ccc(S(=O)(=O)NC(C)CCN)cc1. The smallest absolute Gasteiger partial charge is 0.240 e. The van der Waals surface area contributed by atoms with Gasteiger partial charge in [0.2, 0.25) is 10.0 Å². The van der Waals surface area contributed by atoms with Crippen LogP contribution in [0.2, 0.25) is 0 Å². The second-order valence-electron chi connectivity index (χ2n) is 4.49. The number of sulfonamides is 1. The van der Waals surface area contributed by atoms with E-state index < -0.39 is 10.0 Å². The first-order valence-corrected chi connectivity index (χ1v) is 7.79. The van der Waals surface area contributed by atoms with Crippen LogP contribution in [0.1, 0.15) is 32.3 Å². The Bertz CT molecular complexity index is 454. The van der Waals surface area contributed by atoms with Crippen molar-refractivity contribution >= 4 is 10.0 Å². The molecule has 0 aliphatic rings. The molecule has 0 aromatic heterocycles. The van der Waals surface area contributed by atoms with Gasteiger partial charge in [-0.1, -0.05) is 25.5 Å². The quantitative estimate of drug-likeness (QED) is 0.791. The van der Waals surface area contributed by atoms with Crippen LogP contribution in [0.25, 0.3) is 0 Å². The second-order valence-corrected chi connectivity index (χ2v) is 6.21. The van der Waals surface area contributed by atoms with Crippen LogP contribution in [-0.2, 0) is 16.4 Å². The summed E-state index contributed by atoms with van der Waals surface area (Å²) in [5, 5.41) is 0. The molecule has 0 spiro atoms. The molecular formula is C13H22N2O2S. The summed E-state index contributed by atoms with van der Waals surface area (Å²) in [6.07, 6.45) is 2.66. The van der Waals surface area contributed by atoms with Crippen molar-refractivity contribution in [2.75, 3.05) is 6.54 Å². The molecule has 1 rings (SSSR count). The Morgan fingerprint density at radius 1 is 1.28 bits per heavy atom. The average Bonchev–Trinajstić information content (AvgIpc) is 2.29. The van der Waals surface area contributed by atoms with Crippen molar-refractivity contribution in [3.8, 4) is 0 Å². The third-order valence-electron chi connectivity index (χ3n) is 2.73. The number of benzene rings is 1. The van der Waals surface area contributed by atoms with Gasteiger partial charge in [0.25, 0.3) is 0 Å². The molecule has 0 fully saturated rings. The maximum atomic E-state index is 12.0. The largest absolute Gasteiger partial charge is 0.330 e. The Morgan fingerprint density at radius 3 is 2.39 bits per heavy atom. The fourth-order valence-corrected chi connectivity index (χ4v) is 3.04. The highest BCUT2D eigenvalue weighted by molar-refractivity contribution is 7.89. The zero-order valence-electron chi connectivity index (χ0n) is 11.0. The number of rotatable bonds is 7. The highest BCUT2D eigenvalue weighted by Crippen LogP contribution is 2.12. The zero-order valence-corrected chi connectivity index (χ0v) is 11.8. The number of nitrogens with two attached hydrogens (primary N) is 1. The Balaban J connectivity index is 2.78. The maximum Gasteiger partial charge on any atom is 0.240 e. The van der Waals surface area contributed by atoms with Crippen molar-refractivity contribution in [2.24, 2.45) is 5.73 Å². The van der Waals surface area contributed by atoms with E-state index in [0.29, 0.717) is 17.9 Å². The van der Waals surface area contributed by atoms with Gasteiger partial charge >= 0.3 is 0 Å². The average molecular weight is 270 g/mol. The van der Waals surface area contributed by atoms with Crippen molar-refractivity contribution < 1.29 is 8.42 Å². The summed E-state index contributed by atoms with van der Waals surface area (Å²) >= 11 is 0. The van der Waals surface area contributed by atoms with E-state index in [-0.39, 0.29) is 6.04 Å². The van der Waals surface area contributed by atoms with Gasteiger partial charge in [0, 0.05) is 6.04 Å². The maximum absolute atomic E-state index is 12.0. The van der Waals surface area contributed by atoms with Crippen LogP contribution in [0.3, 0.4) is 0 Å². The van der Waals surface area contributed by atoms with Crippen LogP contribution in [0, 0.1) is 0 Å². The van der Waals surface area contributed by atoms with Gasteiger partial charge in [0.05, 0.1) is 4.90 Å². The van der Waals surface area contributed by atoms with Crippen LogP contribution in [-0.4, -0.2) is 21.0 Å². The van der Waals surface area contributed by atoms with Gasteiger partial charge < -0.3 is 5.73 Å². The van der Waals surface area contributed by atoms with Crippen molar-refractivity contribution in [1.29, 1.82) is 0 Å². The molecular weight excluding hydrogens is 248 g/mol. The first kappa shape index (κ1) is 15.1. The van der Waals surface area contributed by atoms with Crippen LogP contribution >= 0.6 is 0 Å². The normalized spacial score (nSPS) is 13.5. The lowest BCUT2D eigenvalue weighted by atomic mass is 10.1. The summed E-state index contributed by atoms with van der Waals surface area (Å²) in [7, 11) is -3.42. The topological polar surface area (TPSA) is 72.2 Å². The lowest BCUT2D eigenvalue weighted by molar-refractivity contribution is 0.550. The summed E-state index contributed by atoms with van der Waals surface area (Å²) in [6.45, 7) is 4.38. The Hall–Kier alpha value is -0.910. The summed E-state index contributed by atoms with van der Waals surface area (Å²) in [5.74, 6) is 0. The van der Waals surface area contributed by atoms with E-state index in [1.54, 1.807) is 12.1 Å². The first-order chi connectivity index (χ1) is 8.49. The van der Waals surface area contributed by atoms with Gasteiger partial charge in [-0.3, -0.25) is 0 Å². The predicted molar refractivity (Wildman–Crippen MR) is 73.9 cm³/mol. The van der Waals surface area contributed by atoms with Crippen molar-refractivity contribution in [3.05, 3.63) is 29.8 Å². The molecule has 1 unspecified atom stereocenters. The molecule has 1 atom stereocenters. The van der Waals surface area contributed by atoms with Crippen LogP contribution < -0.4 is 10.5 Å². The lowest BCUT2D eigenvalue weighted by Gasteiger charge is -2.13. The fourth-order valence-electron chi connectivity index (χ4n) is 1.77. The fraction of sp³-hybridized carbons (Fsp3) is 0.538. The minimum atomic E-state index is -3.42. The molecule has 5 heteroatoms. The van der Waals surface area contributed by atoms with E-state index in [1.165, 1.54) is 0 Å². The van der Waals surface area contributed by atoms with E-state index in [2.05, 4.69) is 11.6 Å². The van der Waals surface area contributed by atoms with E-state index in [4.69, 9.17) is 5.73 Å². The minimum absolute atomic E-state index is 0.143. The van der Waals surface area contributed by atoms with E-state index in [0.717, 1.165) is 18.4 Å². The van der Waals surface area contributed by atoms with Gasteiger partial charge in [-0.05, 0) is 44.0 Å². The van der Waals surface area contributed by atoms with Gasteiger partial charge in [-0.25, -0.2) is 13.1 Å². The first-order valence-electron chi connectivity index (χ1n) is 6.31. The van der Waals surface area contributed by atoms with E-state index >= 15 is 0 Å². The molecule has 0 radical (unpaired) electrons. The second kappa shape index (κ2) is 6.87. The Labute approximate surface area is 110 Å². The van der Waals surface area contributed by atoms with Crippen LogP contribution in [0.5, 0.6) is 0 Å². The molecule has 0 aliphatic carbocycles. The molecule has 0 saturated heterocycles. The molecule has 4 nitrogen and oxygen atoms in total. The molecule has 1 aromatic carbocycles. The van der Waals surface area contributed by atoms with Crippen LogP contribution in [0.15, 0.2) is 29.2 Å². The zero-order chi connectivity index (χ0) is 13.6. The molecule has 0 aliphatic heterocycles. The summed E-state index contributed by atoms with van der Waals surface area (Å²) in [6, 6.07) is 6.90. The van der Waals surface area contributed by atoms with E-state index in [9.17, 15) is 8.42 Å². The van der Waals surface area contributed by atoms with Gasteiger partial charge in [0.15, 0.2) is 0 Å². The number of hydrogen-bond donors (Lipinski definition) is 2. The molecule has 0 bridgehead atoms. The highest BCUT2D eigenvalue weighted by Gasteiger charge is 2.16. The highest BCUT2D eigenvalue weighted by atomic mass is 32.2. The molecule has 18 heavy (non-hydrogen) atoms. The molecule has 3 N–H and O–H groups in total. The lowest BCUT2D eigenvalue weighted by Crippen LogP contribution is -2.34. The predicted octanol–water partition coefficient (Wildman–Crippen LogP) is 1.65. The van der Waals surface area contributed by atoms with Gasteiger partial charge in [-0.15, -0.1) is 0 Å². The molecule has 1 aromatic rings. The van der Waals surface area contributed by atoms with Crippen molar-refractivity contribution in [2.45, 2.75) is 44.0 Å². The van der Waals surface area contributed by atoms with Crippen LogP contribution in [0.4, 0.5) is 0 Å². The van der Waals surface area contributed by atoms with Crippen molar-refractivity contribution in [3.63, 3.8) is 0 Å². The number of aryl methyl sites for hydroxylation is 1. The minimum Gasteiger partial charge on any atom is -0.330 e. The monoisotopic (exact) mass is 270 g/mol. The van der Waals surface area contributed by atoms with Gasteiger partial charge in [0.1, 0.15) is 0 Å². The van der Waals surface area contributed by atoms with E-state index in [1.807, 2.05) is 19.1 Å². The molecule has 0 saturated carbocycles. The summed E-state index contributed by atoms with van der Waals surface area (Å²) in [5.41, 5.74) is 6.56. The number of hydrogen-bond acceptors (Lipinski definition) is 3. The van der Waals surface area contributed by atoms with Gasteiger partial charge in [-0.2, -0.15) is 0 Å². The summed E-state index contributed by atoms with van der Waals surface area (Å²) in [4.78, 5) is 0.311. The standard InChI is InChI=1S/C13H22N2O2S/c1-3-4-12-5-7-13(8-6-12)18(16,17)15-11(2)9-10-14/h5-8,11,15H,3-4,9-10,14H2,1-2H3. The third kappa shape index (κ3) is 4.40. The molecule has 102 valence electrons. The Morgan fingerprint density at radius 2 is 1.89 bits per heavy atom.